The molecule has 0 aliphatic rings. The molecule has 0 atom stereocenters. The van der Waals surface area contributed by atoms with Crippen LogP contribution in [0.2, 0.25) is 5.02 Å². The van der Waals surface area contributed by atoms with E-state index in [2.05, 4.69) is 21.2 Å². The van der Waals surface area contributed by atoms with E-state index in [1.165, 1.54) is 0 Å². The highest BCUT2D eigenvalue weighted by Crippen LogP contribution is 2.35. The molecule has 0 spiro atoms. The molecule has 0 bridgehead atoms. The molecular formula is C18H19BrClNO3. The standard InChI is InChI=1S/C18H19BrClNO3/c1-11-5-7-15(13(19)9-11)23-16-8-6-12(10-14(16)20)21-17(22)24-18(2,3)4/h5-10H,1-4H3,(H,21,22). The van der Waals surface area contributed by atoms with Crippen LogP contribution in [0.4, 0.5) is 10.5 Å². The number of halogens is 2. The average Bonchev–Trinajstić information content (AvgIpc) is 2.42. The number of amides is 1. The van der Waals surface area contributed by atoms with Crippen LogP contribution in [0.15, 0.2) is 40.9 Å². The second kappa shape index (κ2) is 7.45. The lowest BCUT2D eigenvalue weighted by atomic mass is 10.2. The van der Waals surface area contributed by atoms with Crippen LogP contribution in [0.25, 0.3) is 0 Å². The second-order valence-corrected chi connectivity index (χ2v) is 7.57. The van der Waals surface area contributed by atoms with Gasteiger partial charge in [-0.15, -0.1) is 0 Å². The first-order valence-corrected chi connectivity index (χ1v) is 8.55. The van der Waals surface area contributed by atoms with Crippen LogP contribution < -0.4 is 10.1 Å². The lowest BCUT2D eigenvalue weighted by Crippen LogP contribution is -2.27. The Labute approximate surface area is 155 Å². The Morgan fingerprint density at radius 3 is 2.38 bits per heavy atom. The summed E-state index contributed by atoms with van der Waals surface area (Å²) < 4.78 is 11.9. The number of hydrogen-bond acceptors (Lipinski definition) is 3. The van der Waals surface area contributed by atoms with Gasteiger partial charge in [-0.25, -0.2) is 4.79 Å². The molecule has 1 amide bonds. The van der Waals surface area contributed by atoms with Crippen molar-refractivity contribution in [2.24, 2.45) is 0 Å². The van der Waals surface area contributed by atoms with E-state index >= 15 is 0 Å². The Hall–Kier alpha value is -1.72. The zero-order valence-corrected chi connectivity index (χ0v) is 16.3. The summed E-state index contributed by atoms with van der Waals surface area (Å²) in [5, 5.41) is 3.02. The van der Waals surface area contributed by atoms with Gasteiger partial charge in [-0.1, -0.05) is 17.7 Å². The third-order valence-electron chi connectivity index (χ3n) is 2.88. The fourth-order valence-corrected chi connectivity index (χ4v) is 2.68. The minimum Gasteiger partial charge on any atom is -0.455 e. The summed E-state index contributed by atoms with van der Waals surface area (Å²) in [6, 6.07) is 10.8. The SMILES string of the molecule is Cc1ccc(Oc2ccc(NC(=O)OC(C)(C)C)cc2Cl)c(Br)c1. The summed E-state index contributed by atoms with van der Waals surface area (Å²) in [6.45, 7) is 7.40. The van der Waals surface area contributed by atoms with Gasteiger partial charge in [0.05, 0.1) is 9.50 Å². The molecular weight excluding hydrogens is 394 g/mol. The first-order valence-electron chi connectivity index (χ1n) is 7.37. The van der Waals surface area contributed by atoms with E-state index in [1.807, 2.05) is 25.1 Å². The molecule has 0 fully saturated rings. The molecule has 0 aromatic heterocycles. The van der Waals surface area contributed by atoms with Crippen LogP contribution in [0.3, 0.4) is 0 Å². The van der Waals surface area contributed by atoms with Crippen molar-refractivity contribution in [2.45, 2.75) is 33.3 Å². The lowest BCUT2D eigenvalue weighted by Gasteiger charge is -2.19. The quantitative estimate of drug-likeness (QED) is 0.621. The van der Waals surface area contributed by atoms with Crippen molar-refractivity contribution >= 4 is 39.3 Å². The molecule has 24 heavy (non-hydrogen) atoms. The maximum atomic E-state index is 11.8. The fourth-order valence-electron chi connectivity index (χ4n) is 1.89. The van der Waals surface area contributed by atoms with Crippen molar-refractivity contribution in [3.63, 3.8) is 0 Å². The monoisotopic (exact) mass is 411 g/mol. The molecule has 0 saturated carbocycles. The zero-order chi connectivity index (χ0) is 17.9. The summed E-state index contributed by atoms with van der Waals surface area (Å²) in [4.78, 5) is 11.8. The molecule has 0 unspecified atom stereocenters. The van der Waals surface area contributed by atoms with E-state index in [0.29, 0.717) is 22.2 Å². The fraction of sp³-hybridized carbons (Fsp3) is 0.278. The van der Waals surface area contributed by atoms with E-state index in [1.54, 1.807) is 39.0 Å². The normalized spacial score (nSPS) is 11.1. The number of nitrogens with one attached hydrogen (secondary N) is 1. The number of aryl methyl sites for hydroxylation is 1. The van der Waals surface area contributed by atoms with Crippen LogP contribution in [-0.2, 0) is 4.74 Å². The number of carbonyl (C=O) groups excluding carboxylic acids is 1. The van der Waals surface area contributed by atoms with E-state index in [0.717, 1.165) is 10.0 Å². The maximum absolute atomic E-state index is 11.8. The molecule has 2 aromatic carbocycles. The minimum atomic E-state index is -0.561. The van der Waals surface area contributed by atoms with Crippen molar-refractivity contribution < 1.29 is 14.3 Å². The van der Waals surface area contributed by atoms with Crippen molar-refractivity contribution in [3.05, 3.63) is 51.5 Å². The van der Waals surface area contributed by atoms with Crippen molar-refractivity contribution in [1.29, 1.82) is 0 Å². The number of hydrogen-bond donors (Lipinski definition) is 1. The Kier molecular flexibility index (Phi) is 5.78. The van der Waals surface area contributed by atoms with Crippen molar-refractivity contribution in [2.75, 3.05) is 5.32 Å². The molecule has 2 rings (SSSR count). The molecule has 0 radical (unpaired) electrons. The third kappa shape index (κ3) is 5.42. The Morgan fingerprint density at radius 1 is 1.12 bits per heavy atom. The van der Waals surface area contributed by atoms with E-state index in [9.17, 15) is 4.79 Å². The predicted molar refractivity (Wildman–Crippen MR) is 100 cm³/mol. The molecule has 128 valence electrons. The Morgan fingerprint density at radius 2 is 1.79 bits per heavy atom. The average molecular weight is 413 g/mol. The maximum Gasteiger partial charge on any atom is 0.412 e. The number of ether oxygens (including phenoxy) is 2. The van der Waals surface area contributed by atoms with Crippen LogP contribution in [-0.4, -0.2) is 11.7 Å². The molecule has 4 nitrogen and oxygen atoms in total. The largest absolute Gasteiger partial charge is 0.455 e. The van der Waals surface area contributed by atoms with Gasteiger partial charge in [0, 0.05) is 5.69 Å². The Bertz CT molecular complexity index is 756. The molecule has 0 saturated heterocycles. The number of anilines is 1. The molecule has 0 aliphatic carbocycles. The van der Waals surface area contributed by atoms with E-state index < -0.39 is 11.7 Å². The highest BCUT2D eigenvalue weighted by atomic mass is 79.9. The number of rotatable bonds is 3. The van der Waals surface area contributed by atoms with Crippen LogP contribution in [0.5, 0.6) is 11.5 Å². The second-order valence-electron chi connectivity index (χ2n) is 6.31. The number of carbonyl (C=O) groups is 1. The first-order chi connectivity index (χ1) is 11.1. The molecule has 0 aliphatic heterocycles. The van der Waals surface area contributed by atoms with Crippen molar-refractivity contribution in [1.82, 2.24) is 0 Å². The molecule has 1 N–H and O–H groups in total. The van der Waals surface area contributed by atoms with E-state index in [4.69, 9.17) is 21.1 Å². The van der Waals surface area contributed by atoms with Gasteiger partial charge >= 0.3 is 6.09 Å². The molecule has 6 heteroatoms. The lowest BCUT2D eigenvalue weighted by molar-refractivity contribution is 0.0636. The summed E-state index contributed by atoms with van der Waals surface area (Å²) >= 11 is 9.71. The van der Waals surface area contributed by atoms with Gasteiger partial charge < -0.3 is 9.47 Å². The van der Waals surface area contributed by atoms with Gasteiger partial charge in [0.15, 0.2) is 0 Å². The Balaban J connectivity index is 2.11. The van der Waals surface area contributed by atoms with Gasteiger partial charge in [-0.05, 0) is 79.5 Å². The van der Waals surface area contributed by atoms with Gasteiger partial charge in [-0.3, -0.25) is 5.32 Å². The van der Waals surface area contributed by atoms with Crippen LogP contribution >= 0.6 is 27.5 Å². The smallest absolute Gasteiger partial charge is 0.412 e. The van der Waals surface area contributed by atoms with Crippen LogP contribution in [0, 0.1) is 6.92 Å². The summed E-state index contributed by atoms with van der Waals surface area (Å²) in [6.07, 6.45) is -0.534. The highest BCUT2D eigenvalue weighted by Gasteiger charge is 2.16. The van der Waals surface area contributed by atoms with Crippen LogP contribution in [0.1, 0.15) is 26.3 Å². The predicted octanol–water partition coefficient (Wildman–Crippen LogP) is 6.55. The van der Waals surface area contributed by atoms with Gasteiger partial charge in [0.1, 0.15) is 17.1 Å². The van der Waals surface area contributed by atoms with Gasteiger partial charge in [-0.2, -0.15) is 0 Å². The summed E-state index contributed by atoms with van der Waals surface area (Å²) in [5.74, 6) is 1.16. The highest BCUT2D eigenvalue weighted by molar-refractivity contribution is 9.10. The number of benzene rings is 2. The van der Waals surface area contributed by atoms with Gasteiger partial charge in [0.25, 0.3) is 0 Å². The summed E-state index contributed by atoms with van der Waals surface area (Å²) in [7, 11) is 0. The first kappa shape index (κ1) is 18.6. The van der Waals surface area contributed by atoms with E-state index in [-0.39, 0.29) is 0 Å². The summed E-state index contributed by atoms with van der Waals surface area (Å²) in [5.41, 5.74) is 1.09. The third-order valence-corrected chi connectivity index (χ3v) is 3.80. The minimum absolute atomic E-state index is 0.385. The van der Waals surface area contributed by atoms with Crippen molar-refractivity contribution in [3.8, 4) is 11.5 Å². The molecule has 0 heterocycles. The zero-order valence-electron chi connectivity index (χ0n) is 13.9. The molecule has 2 aromatic rings. The topological polar surface area (TPSA) is 47.6 Å². The van der Waals surface area contributed by atoms with Gasteiger partial charge in [0.2, 0.25) is 0 Å².